The van der Waals surface area contributed by atoms with Crippen LogP contribution < -0.4 is 0 Å². The molecule has 1 unspecified atom stereocenters. The van der Waals surface area contributed by atoms with Gasteiger partial charge < -0.3 is 14.6 Å². The number of carbonyl (C=O) groups excluding carboxylic acids is 2. The molecule has 1 N–H and O–H groups in total. The van der Waals surface area contributed by atoms with Crippen LogP contribution in [0.5, 0.6) is 0 Å². The highest BCUT2D eigenvalue weighted by Crippen LogP contribution is 2.27. The summed E-state index contributed by atoms with van der Waals surface area (Å²) >= 11 is 0. The van der Waals surface area contributed by atoms with Crippen LogP contribution in [0.25, 0.3) is 10.9 Å². The zero-order valence-electron chi connectivity index (χ0n) is 15.0. The molecule has 1 amide bonds. The molecule has 1 aromatic carbocycles. The minimum absolute atomic E-state index is 0.00190. The highest BCUT2D eigenvalue weighted by Gasteiger charge is 2.31. The first kappa shape index (κ1) is 17.5. The Hall–Kier alpha value is -2.30. The van der Waals surface area contributed by atoms with Crippen molar-refractivity contribution in [3.05, 3.63) is 35.5 Å². The first-order valence-electron chi connectivity index (χ1n) is 9.21. The molecule has 1 fully saturated rings. The molecule has 5 heteroatoms. The number of fused-ring (bicyclic) bond motifs is 1. The van der Waals surface area contributed by atoms with Gasteiger partial charge in [0.05, 0.1) is 13.0 Å². The number of hydrogen-bond acceptors (Lipinski definition) is 3. The van der Waals surface area contributed by atoms with Crippen LogP contribution in [0, 0.1) is 0 Å². The monoisotopic (exact) mass is 342 g/mol. The van der Waals surface area contributed by atoms with Gasteiger partial charge in [0.2, 0.25) is 0 Å². The summed E-state index contributed by atoms with van der Waals surface area (Å²) in [5, 5.41) is 1.10. The molecule has 0 spiro atoms. The van der Waals surface area contributed by atoms with Crippen molar-refractivity contribution in [2.45, 2.75) is 52.0 Å². The number of nitrogens with zero attached hydrogens (tertiary/aromatic N) is 1. The number of piperidine rings is 1. The number of nitrogens with one attached hydrogen (secondary N) is 1. The van der Waals surface area contributed by atoms with Crippen LogP contribution in [0.3, 0.4) is 0 Å². The number of carbonyl (C=O) groups is 2. The molecule has 0 bridgehead atoms. The highest BCUT2D eigenvalue weighted by atomic mass is 16.5. The van der Waals surface area contributed by atoms with Crippen molar-refractivity contribution in [1.29, 1.82) is 0 Å². The molecule has 0 radical (unpaired) electrons. The lowest BCUT2D eigenvalue weighted by molar-refractivity contribution is -0.144. The van der Waals surface area contributed by atoms with Gasteiger partial charge in [0.25, 0.3) is 5.91 Å². The lowest BCUT2D eigenvalue weighted by Gasteiger charge is -2.35. The predicted molar refractivity (Wildman–Crippen MR) is 97.6 cm³/mol. The van der Waals surface area contributed by atoms with Crippen molar-refractivity contribution in [1.82, 2.24) is 9.88 Å². The summed E-state index contributed by atoms with van der Waals surface area (Å²) in [6.07, 6.45) is 3.95. The number of benzene rings is 1. The SMILES string of the molecule is CCOC(=O)CC1CCCCN1C(=O)c1[nH]c2ccccc2c1CC. The minimum Gasteiger partial charge on any atom is -0.466 e. The number of H-pyrrole nitrogens is 1. The van der Waals surface area contributed by atoms with Gasteiger partial charge in [-0.2, -0.15) is 0 Å². The molecule has 1 atom stereocenters. The third-order valence-corrected chi connectivity index (χ3v) is 4.98. The molecule has 1 aromatic heterocycles. The normalized spacial score (nSPS) is 17.7. The highest BCUT2D eigenvalue weighted by molar-refractivity contribution is 6.01. The van der Waals surface area contributed by atoms with Gasteiger partial charge in [-0.3, -0.25) is 9.59 Å². The molecule has 0 aliphatic carbocycles. The Bertz CT molecular complexity index is 765. The molecule has 2 aromatic rings. The van der Waals surface area contributed by atoms with Crippen molar-refractivity contribution >= 4 is 22.8 Å². The molecule has 0 saturated carbocycles. The Balaban J connectivity index is 1.88. The summed E-state index contributed by atoms with van der Waals surface area (Å²) < 4.78 is 5.09. The van der Waals surface area contributed by atoms with E-state index in [-0.39, 0.29) is 24.3 Å². The summed E-state index contributed by atoms with van der Waals surface area (Å²) in [6.45, 7) is 4.95. The molecular formula is C20H26N2O3. The number of aryl methyl sites for hydroxylation is 1. The van der Waals surface area contributed by atoms with Crippen LogP contribution in [0.1, 0.15) is 55.6 Å². The lowest BCUT2D eigenvalue weighted by atomic mass is 9.98. The average molecular weight is 342 g/mol. The Kier molecular flexibility index (Phi) is 5.41. The van der Waals surface area contributed by atoms with E-state index in [0.29, 0.717) is 18.8 Å². The summed E-state index contributed by atoms with van der Waals surface area (Å²) in [5.74, 6) is -0.221. The van der Waals surface area contributed by atoms with Gasteiger partial charge in [0.15, 0.2) is 0 Å². The van der Waals surface area contributed by atoms with Crippen molar-refractivity contribution in [3.8, 4) is 0 Å². The van der Waals surface area contributed by atoms with E-state index in [4.69, 9.17) is 4.74 Å². The molecule has 1 aliphatic rings. The summed E-state index contributed by atoms with van der Waals surface area (Å²) in [4.78, 5) is 30.3. The molecule has 2 heterocycles. The number of amides is 1. The Morgan fingerprint density at radius 3 is 2.80 bits per heavy atom. The fourth-order valence-electron chi connectivity index (χ4n) is 3.79. The Morgan fingerprint density at radius 2 is 2.04 bits per heavy atom. The van der Waals surface area contributed by atoms with Crippen LogP contribution in [0.4, 0.5) is 0 Å². The maximum atomic E-state index is 13.2. The van der Waals surface area contributed by atoms with E-state index in [1.54, 1.807) is 6.92 Å². The second-order valence-corrected chi connectivity index (χ2v) is 6.53. The molecule has 3 rings (SSSR count). The van der Waals surface area contributed by atoms with Crippen molar-refractivity contribution < 1.29 is 14.3 Å². The first-order valence-corrected chi connectivity index (χ1v) is 9.21. The number of hydrogen-bond donors (Lipinski definition) is 1. The largest absolute Gasteiger partial charge is 0.466 e. The standard InChI is InChI=1S/C20H26N2O3/c1-3-15-16-10-5-6-11-17(16)21-19(15)20(24)22-12-8-7-9-14(22)13-18(23)25-4-2/h5-6,10-11,14,21H,3-4,7-9,12-13H2,1-2H3. The molecular weight excluding hydrogens is 316 g/mol. The van der Waals surface area contributed by atoms with E-state index in [0.717, 1.165) is 42.1 Å². The van der Waals surface area contributed by atoms with E-state index < -0.39 is 0 Å². The zero-order valence-corrected chi connectivity index (χ0v) is 15.0. The van der Waals surface area contributed by atoms with Crippen LogP contribution >= 0.6 is 0 Å². The molecule has 5 nitrogen and oxygen atoms in total. The third kappa shape index (κ3) is 3.55. The second-order valence-electron chi connectivity index (χ2n) is 6.53. The van der Waals surface area contributed by atoms with E-state index in [9.17, 15) is 9.59 Å². The van der Waals surface area contributed by atoms with Crippen LogP contribution in [0.2, 0.25) is 0 Å². The number of para-hydroxylation sites is 1. The number of rotatable bonds is 5. The van der Waals surface area contributed by atoms with Crippen molar-refractivity contribution in [2.75, 3.05) is 13.2 Å². The van der Waals surface area contributed by atoms with Gasteiger partial charge >= 0.3 is 5.97 Å². The second kappa shape index (κ2) is 7.72. The van der Waals surface area contributed by atoms with Gasteiger partial charge in [-0.25, -0.2) is 0 Å². The summed E-state index contributed by atoms with van der Waals surface area (Å²) in [7, 11) is 0. The maximum absolute atomic E-state index is 13.2. The number of aromatic nitrogens is 1. The van der Waals surface area contributed by atoms with Gasteiger partial charge in [-0.15, -0.1) is 0 Å². The van der Waals surface area contributed by atoms with E-state index in [2.05, 4.69) is 11.9 Å². The quantitative estimate of drug-likeness (QED) is 0.843. The number of aromatic amines is 1. The maximum Gasteiger partial charge on any atom is 0.307 e. The molecule has 1 aliphatic heterocycles. The molecule has 1 saturated heterocycles. The molecule has 134 valence electrons. The topological polar surface area (TPSA) is 62.4 Å². The number of esters is 1. The molecule has 25 heavy (non-hydrogen) atoms. The Morgan fingerprint density at radius 1 is 1.24 bits per heavy atom. The predicted octanol–water partition coefficient (Wildman–Crippen LogP) is 3.68. The van der Waals surface area contributed by atoms with E-state index in [1.807, 2.05) is 29.2 Å². The third-order valence-electron chi connectivity index (χ3n) is 4.98. The van der Waals surface area contributed by atoms with E-state index in [1.165, 1.54) is 0 Å². The first-order chi connectivity index (χ1) is 12.2. The van der Waals surface area contributed by atoms with Crippen molar-refractivity contribution in [3.63, 3.8) is 0 Å². The number of ether oxygens (including phenoxy) is 1. The lowest BCUT2D eigenvalue weighted by Crippen LogP contribution is -2.45. The number of likely N-dealkylation sites (tertiary alicyclic amines) is 1. The minimum atomic E-state index is -0.223. The van der Waals surface area contributed by atoms with E-state index >= 15 is 0 Å². The smallest absolute Gasteiger partial charge is 0.307 e. The Labute approximate surface area is 148 Å². The van der Waals surface area contributed by atoms with Crippen LogP contribution in [-0.4, -0.2) is 41.0 Å². The van der Waals surface area contributed by atoms with Gasteiger partial charge in [0, 0.05) is 23.5 Å². The zero-order chi connectivity index (χ0) is 17.8. The van der Waals surface area contributed by atoms with Crippen molar-refractivity contribution in [2.24, 2.45) is 0 Å². The fourth-order valence-corrected chi connectivity index (χ4v) is 3.79. The van der Waals surface area contributed by atoms with Gasteiger partial charge in [-0.05, 0) is 44.2 Å². The summed E-state index contributed by atoms with van der Waals surface area (Å²) in [6, 6.07) is 7.94. The van der Waals surface area contributed by atoms with Crippen LogP contribution in [-0.2, 0) is 16.0 Å². The fraction of sp³-hybridized carbons (Fsp3) is 0.500. The van der Waals surface area contributed by atoms with Gasteiger partial charge in [-0.1, -0.05) is 25.1 Å². The average Bonchev–Trinajstić information content (AvgIpc) is 3.00. The summed E-state index contributed by atoms with van der Waals surface area (Å²) in [5.41, 5.74) is 2.71. The van der Waals surface area contributed by atoms with Crippen LogP contribution in [0.15, 0.2) is 24.3 Å². The van der Waals surface area contributed by atoms with Gasteiger partial charge in [0.1, 0.15) is 5.69 Å².